The number of likely N-dealkylation sites (tertiary alicyclic amines) is 1. The number of morpholine rings is 1. The molecule has 2 N–H and O–H groups in total. The molecule has 0 aromatic carbocycles. The van der Waals surface area contributed by atoms with E-state index in [-0.39, 0.29) is 16.8 Å². The molecule has 2 rings (SSSR count). The highest BCUT2D eigenvalue weighted by molar-refractivity contribution is 7.80. The zero-order valence-corrected chi connectivity index (χ0v) is 10.0. The topological polar surface area (TPSA) is 72.6 Å². The van der Waals surface area contributed by atoms with Gasteiger partial charge >= 0.3 is 0 Å². The van der Waals surface area contributed by atoms with E-state index in [4.69, 9.17) is 22.7 Å². The third kappa shape index (κ3) is 1.44. The van der Waals surface area contributed by atoms with Crippen molar-refractivity contribution in [3.63, 3.8) is 0 Å². The summed E-state index contributed by atoms with van der Waals surface area (Å²) in [5.74, 6) is -0.645. The maximum atomic E-state index is 12.0. The molecule has 0 radical (unpaired) electrons. The lowest BCUT2D eigenvalue weighted by atomic mass is 10.0. The molecular weight excluding hydrogens is 228 g/mol. The number of carbonyl (C=O) groups is 2. The Labute approximate surface area is 98.9 Å². The maximum absolute atomic E-state index is 12.0. The minimum Gasteiger partial charge on any atom is -0.391 e. The molecule has 0 spiro atoms. The van der Waals surface area contributed by atoms with Crippen LogP contribution in [0.2, 0.25) is 0 Å². The zero-order valence-electron chi connectivity index (χ0n) is 9.23. The van der Waals surface area contributed by atoms with Gasteiger partial charge in [0.25, 0.3) is 11.8 Å². The Morgan fingerprint density at radius 3 is 2.19 bits per heavy atom. The van der Waals surface area contributed by atoms with Crippen molar-refractivity contribution in [2.24, 2.45) is 5.73 Å². The number of carbonyl (C=O) groups excluding carboxylic acids is 2. The number of nitrogens with zero attached hydrogens (tertiary/aromatic N) is 1. The molecule has 0 aliphatic carbocycles. The highest BCUT2D eigenvalue weighted by Gasteiger charge is 2.52. The smallest absolute Gasteiger partial charge is 0.259 e. The molecule has 88 valence electrons. The van der Waals surface area contributed by atoms with Crippen LogP contribution >= 0.6 is 12.2 Å². The lowest BCUT2D eigenvalue weighted by Crippen LogP contribution is -2.63. The highest BCUT2D eigenvalue weighted by Crippen LogP contribution is 2.32. The largest absolute Gasteiger partial charge is 0.391 e. The van der Waals surface area contributed by atoms with Gasteiger partial charge in [-0.15, -0.1) is 0 Å². The Balaban J connectivity index is 2.37. The van der Waals surface area contributed by atoms with Gasteiger partial charge in [-0.1, -0.05) is 12.2 Å². The van der Waals surface area contributed by atoms with Gasteiger partial charge in [-0.25, -0.2) is 0 Å². The van der Waals surface area contributed by atoms with Gasteiger partial charge in [-0.3, -0.25) is 14.5 Å². The van der Waals surface area contributed by atoms with Crippen molar-refractivity contribution in [1.29, 1.82) is 0 Å². The fourth-order valence-corrected chi connectivity index (χ4v) is 2.15. The number of amides is 2. The van der Waals surface area contributed by atoms with Crippen molar-refractivity contribution in [3.05, 3.63) is 0 Å². The van der Waals surface area contributed by atoms with Gasteiger partial charge in [-0.05, 0) is 26.7 Å². The first kappa shape index (κ1) is 11.5. The minimum absolute atomic E-state index is 0.135. The third-order valence-electron chi connectivity index (χ3n) is 3.17. The van der Waals surface area contributed by atoms with E-state index >= 15 is 0 Å². The standard InChI is InChI=1S/C10H14N2O3S/c1-10(2,9(11)16)12-7(13)5-3-4-6(15-5)8(12)14/h5-6H,3-4H2,1-2H3,(H2,11,16). The van der Waals surface area contributed by atoms with Gasteiger partial charge in [0.15, 0.2) is 0 Å². The van der Waals surface area contributed by atoms with Gasteiger partial charge in [-0.2, -0.15) is 0 Å². The fourth-order valence-electron chi connectivity index (χ4n) is 2.06. The molecule has 6 heteroatoms. The number of hydrogen-bond donors (Lipinski definition) is 1. The number of ether oxygens (including phenoxy) is 1. The highest BCUT2D eigenvalue weighted by atomic mass is 32.1. The van der Waals surface area contributed by atoms with Crippen molar-refractivity contribution in [3.8, 4) is 0 Å². The Kier molecular flexibility index (Phi) is 2.51. The fraction of sp³-hybridized carbons (Fsp3) is 0.700. The average Bonchev–Trinajstić information content (AvgIpc) is 2.60. The molecule has 2 amide bonds. The summed E-state index contributed by atoms with van der Waals surface area (Å²) in [5.41, 5.74) is 4.66. The van der Waals surface area contributed by atoms with Gasteiger partial charge in [0.05, 0.1) is 10.5 Å². The number of nitrogens with two attached hydrogens (primary N) is 1. The van der Waals surface area contributed by atoms with Crippen molar-refractivity contribution < 1.29 is 14.3 Å². The number of thiocarbonyl (C=S) groups is 1. The van der Waals surface area contributed by atoms with E-state index in [0.717, 1.165) is 0 Å². The molecule has 0 aromatic rings. The van der Waals surface area contributed by atoms with Crippen LogP contribution in [0.1, 0.15) is 26.7 Å². The minimum atomic E-state index is -0.923. The molecule has 5 nitrogen and oxygen atoms in total. The SMILES string of the molecule is CC(C)(C(N)=S)N1C(=O)C2CCC(O2)C1=O. The molecule has 2 atom stereocenters. The second-order valence-corrected chi connectivity index (χ2v) is 5.07. The maximum Gasteiger partial charge on any atom is 0.259 e. The molecule has 0 aromatic heterocycles. The van der Waals surface area contributed by atoms with Crippen molar-refractivity contribution >= 4 is 29.0 Å². The average molecular weight is 242 g/mol. The van der Waals surface area contributed by atoms with Crippen molar-refractivity contribution in [2.75, 3.05) is 0 Å². The number of imide groups is 1. The molecule has 0 saturated carbocycles. The van der Waals surface area contributed by atoms with E-state index in [9.17, 15) is 9.59 Å². The van der Waals surface area contributed by atoms with Gasteiger partial charge < -0.3 is 10.5 Å². The van der Waals surface area contributed by atoms with Crippen LogP contribution < -0.4 is 5.73 Å². The zero-order chi connectivity index (χ0) is 12.1. The van der Waals surface area contributed by atoms with E-state index in [0.29, 0.717) is 12.8 Å². The monoisotopic (exact) mass is 242 g/mol. The van der Waals surface area contributed by atoms with Crippen LogP contribution in [0.4, 0.5) is 0 Å². The van der Waals surface area contributed by atoms with Crippen LogP contribution in [0, 0.1) is 0 Å². The van der Waals surface area contributed by atoms with Gasteiger partial charge in [0.1, 0.15) is 12.2 Å². The van der Waals surface area contributed by atoms with E-state index in [1.54, 1.807) is 13.8 Å². The molecule has 2 saturated heterocycles. The van der Waals surface area contributed by atoms with Crippen molar-refractivity contribution in [1.82, 2.24) is 4.90 Å². The van der Waals surface area contributed by atoms with Crippen LogP contribution in [0.5, 0.6) is 0 Å². The first-order chi connectivity index (χ1) is 7.35. The summed E-state index contributed by atoms with van der Waals surface area (Å²) in [4.78, 5) is 25.3. The molecular formula is C10H14N2O3S. The van der Waals surface area contributed by atoms with Crippen LogP contribution in [-0.4, -0.2) is 39.4 Å². The van der Waals surface area contributed by atoms with Crippen molar-refractivity contribution in [2.45, 2.75) is 44.4 Å². The number of rotatable bonds is 2. The van der Waals surface area contributed by atoms with Crippen LogP contribution in [0.15, 0.2) is 0 Å². The summed E-state index contributed by atoms with van der Waals surface area (Å²) in [6.45, 7) is 3.35. The van der Waals surface area contributed by atoms with E-state index in [1.807, 2.05) is 0 Å². The van der Waals surface area contributed by atoms with E-state index < -0.39 is 17.7 Å². The molecule has 16 heavy (non-hydrogen) atoms. The Morgan fingerprint density at radius 1 is 1.38 bits per heavy atom. The second kappa shape index (κ2) is 3.49. The van der Waals surface area contributed by atoms with Crippen LogP contribution in [0.3, 0.4) is 0 Å². The quantitative estimate of drug-likeness (QED) is 0.543. The third-order valence-corrected chi connectivity index (χ3v) is 3.67. The molecule has 2 fully saturated rings. The van der Waals surface area contributed by atoms with Crippen LogP contribution in [-0.2, 0) is 14.3 Å². The Bertz CT molecular complexity index is 358. The molecule has 2 heterocycles. The lowest BCUT2D eigenvalue weighted by Gasteiger charge is -2.40. The summed E-state index contributed by atoms with van der Waals surface area (Å²) in [6, 6.07) is 0. The molecule has 2 aliphatic rings. The normalized spacial score (nSPS) is 29.8. The number of fused-ring (bicyclic) bond motifs is 2. The molecule has 2 bridgehead atoms. The lowest BCUT2D eigenvalue weighted by molar-refractivity contribution is -0.172. The van der Waals surface area contributed by atoms with E-state index in [1.165, 1.54) is 4.90 Å². The first-order valence-electron chi connectivity index (χ1n) is 5.19. The van der Waals surface area contributed by atoms with Gasteiger partial charge in [0, 0.05) is 0 Å². The predicted molar refractivity (Wildman–Crippen MR) is 60.6 cm³/mol. The summed E-state index contributed by atoms with van der Waals surface area (Å²) >= 11 is 4.91. The summed E-state index contributed by atoms with van der Waals surface area (Å²) in [7, 11) is 0. The molecule has 2 aliphatic heterocycles. The number of hydrogen-bond acceptors (Lipinski definition) is 4. The van der Waals surface area contributed by atoms with E-state index in [2.05, 4.69) is 0 Å². The summed E-state index contributed by atoms with van der Waals surface area (Å²) in [5, 5.41) is 0. The first-order valence-corrected chi connectivity index (χ1v) is 5.60. The molecule has 2 unspecified atom stereocenters. The predicted octanol–water partition coefficient (Wildman–Crippen LogP) is -0.0325. The second-order valence-electron chi connectivity index (χ2n) is 4.63. The Morgan fingerprint density at radius 2 is 1.81 bits per heavy atom. The summed E-state index contributed by atoms with van der Waals surface area (Å²) < 4.78 is 5.30. The van der Waals surface area contributed by atoms with Gasteiger partial charge in [0.2, 0.25) is 0 Å². The summed E-state index contributed by atoms with van der Waals surface area (Å²) in [6.07, 6.45) is 0.186. The van der Waals surface area contributed by atoms with Crippen LogP contribution in [0.25, 0.3) is 0 Å². The Hall–Kier alpha value is -1.01.